The van der Waals surface area contributed by atoms with E-state index in [4.69, 9.17) is 4.74 Å². The third-order valence-electron chi connectivity index (χ3n) is 4.93. The molecular weight excluding hydrogens is 224 g/mol. The lowest BCUT2D eigenvalue weighted by Gasteiger charge is -2.38. The largest absolute Gasteiger partial charge is 0.377 e. The van der Waals surface area contributed by atoms with E-state index >= 15 is 0 Å². The van der Waals surface area contributed by atoms with Crippen molar-refractivity contribution < 1.29 is 4.74 Å². The first-order valence-electron chi connectivity index (χ1n) is 7.71. The van der Waals surface area contributed by atoms with Gasteiger partial charge in [0.25, 0.3) is 0 Å². The first kappa shape index (κ1) is 14.3. The minimum Gasteiger partial charge on any atom is -0.377 e. The highest BCUT2D eigenvalue weighted by molar-refractivity contribution is 4.93. The summed E-state index contributed by atoms with van der Waals surface area (Å²) in [4.78, 5) is 2.66. The maximum Gasteiger partial charge on any atom is 0.0699 e. The lowest BCUT2D eigenvalue weighted by atomic mass is 9.76. The molecule has 2 fully saturated rings. The van der Waals surface area contributed by atoms with Gasteiger partial charge in [-0.1, -0.05) is 20.8 Å². The highest BCUT2D eigenvalue weighted by Crippen LogP contribution is 2.35. The number of hydrogen-bond donors (Lipinski definition) is 1. The molecule has 0 aliphatic carbocycles. The second kappa shape index (κ2) is 6.36. The van der Waals surface area contributed by atoms with Gasteiger partial charge in [0.15, 0.2) is 0 Å². The van der Waals surface area contributed by atoms with Crippen LogP contribution < -0.4 is 5.32 Å². The summed E-state index contributed by atoms with van der Waals surface area (Å²) in [5, 5.41) is 3.57. The Morgan fingerprint density at radius 2 is 2.28 bits per heavy atom. The van der Waals surface area contributed by atoms with E-state index in [1.807, 2.05) is 0 Å². The van der Waals surface area contributed by atoms with E-state index in [2.05, 4.69) is 31.0 Å². The van der Waals surface area contributed by atoms with Crippen LogP contribution in [0.1, 0.15) is 40.0 Å². The fourth-order valence-corrected chi connectivity index (χ4v) is 3.38. The van der Waals surface area contributed by atoms with Gasteiger partial charge in [-0.3, -0.25) is 0 Å². The molecule has 0 bridgehead atoms. The number of rotatable bonds is 4. The monoisotopic (exact) mass is 254 g/mol. The Morgan fingerprint density at radius 1 is 1.44 bits per heavy atom. The van der Waals surface area contributed by atoms with Crippen LogP contribution in [0.4, 0.5) is 0 Å². The van der Waals surface area contributed by atoms with Crippen LogP contribution >= 0.6 is 0 Å². The number of nitrogens with one attached hydrogen (secondary N) is 1. The first-order valence-corrected chi connectivity index (χ1v) is 7.71. The topological polar surface area (TPSA) is 24.5 Å². The van der Waals surface area contributed by atoms with Crippen molar-refractivity contribution in [3.8, 4) is 0 Å². The zero-order valence-corrected chi connectivity index (χ0v) is 12.4. The Bertz CT molecular complexity index is 249. The second-order valence-corrected chi connectivity index (χ2v) is 6.43. The van der Waals surface area contributed by atoms with Crippen LogP contribution in [0.15, 0.2) is 0 Å². The van der Waals surface area contributed by atoms with Gasteiger partial charge in [0.1, 0.15) is 0 Å². The SMILES string of the molecule is CCC1CN(CC2(C(C)C)CCNC2)CCCO1. The van der Waals surface area contributed by atoms with Gasteiger partial charge in [0.05, 0.1) is 6.10 Å². The third kappa shape index (κ3) is 3.25. The van der Waals surface area contributed by atoms with Crippen LogP contribution in [-0.4, -0.2) is 50.3 Å². The predicted molar refractivity (Wildman–Crippen MR) is 75.8 cm³/mol. The van der Waals surface area contributed by atoms with Crippen molar-refractivity contribution in [2.75, 3.05) is 39.3 Å². The van der Waals surface area contributed by atoms with Gasteiger partial charge in [-0.05, 0) is 37.1 Å². The summed E-state index contributed by atoms with van der Waals surface area (Å²) in [5.74, 6) is 0.761. The highest BCUT2D eigenvalue weighted by Gasteiger charge is 2.38. The molecule has 2 unspecified atom stereocenters. The van der Waals surface area contributed by atoms with E-state index in [0.29, 0.717) is 11.5 Å². The molecule has 0 aromatic heterocycles. The van der Waals surface area contributed by atoms with Crippen molar-refractivity contribution >= 4 is 0 Å². The standard InChI is InChI=1S/C15H30N2O/c1-4-14-10-17(8-5-9-18-14)12-15(13(2)3)6-7-16-11-15/h13-14,16H,4-12H2,1-3H3. The van der Waals surface area contributed by atoms with Gasteiger partial charge >= 0.3 is 0 Å². The summed E-state index contributed by atoms with van der Waals surface area (Å²) >= 11 is 0. The average Bonchev–Trinajstić information content (AvgIpc) is 2.71. The molecule has 2 saturated heterocycles. The van der Waals surface area contributed by atoms with E-state index in [1.54, 1.807) is 0 Å². The number of hydrogen-bond acceptors (Lipinski definition) is 3. The van der Waals surface area contributed by atoms with Gasteiger partial charge in [-0.15, -0.1) is 0 Å². The van der Waals surface area contributed by atoms with E-state index in [0.717, 1.165) is 25.5 Å². The van der Waals surface area contributed by atoms with Gasteiger partial charge < -0.3 is 15.0 Å². The van der Waals surface area contributed by atoms with Gasteiger partial charge in [-0.2, -0.15) is 0 Å². The van der Waals surface area contributed by atoms with E-state index in [1.165, 1.54) is 39.0 Å². The Kier molecular flexibility index (Phi) is 5.05. The van der Waals surface area contributed by atoms with Crippen molar-refractivity contribution in [1.29, 1.82) is 0 Å². The Labute approximate surface area is 112 Å². The molecule has 2 rings (SSSR count). The summed E-state index contributed by atoms with van der Waals surface area (Å²) in [6.45, 7) is 13.9. The fraction of sp³-hybridized carbons (Fsp3) is 1.00. The zero-order valence-electron chi connectivity index (χ0n) is 12.4. The number of ether oxygens (including phenoxy) is 1. The van der Waals surface area contributed by atoms with Gasteiger partial charge in [-0.25, -0.2) is 0 Å². The van der Waals surface area contributed by atoms with Crippen LogP contribution in [-0.2, 0) is 4.74 Å². The smallest absolute Gasteiger partial charge is 0.0699 e. The summed E-state index contributed by atoms with van der Waals surface area (Å²) < 4.78 is 5.88. The van der Waals surface area contributed by atoms with Crippen LogP contribution in [0.3, 0.4) is 0 Å². The van der Waals surface area contributed by atoms with Gasteiger partial charge in [0.2, 0.25) is 0 Å². The Morgan fingerprint density at radius 3 is 2.89 bits per heavy atom. The van der Waals surface area contributed by atoms with Crippen LogP contribution in [0, 0.1) is 11.3 Å². The lowest BCUT2D eigenvalue weighted by Crippen LogP contribution is -2.44. The summed E-state index contributed by atoms with van der Waals surface area (Å²) in [5.41, 5.74) is 0.489. The highest BCUT2D eigenvalue weighted by atomic mass is 16.5. The maximum atomic E-state index is 5.88. The maximum absolute atomic E-state index is 5.88. The number of nitrogens with zero attached hydrogens (tertiary/aromatic N) is 1. The van der Waals surface area contributed by atoms with Crippen LogP contribution in [0.25, 0.3) is 0 Å². The first-order chi connectivity index (χ1) is 8.66. The molecule has 1 N–H and O–H groups in total. The Hall–Kier alpha value is -0.120. The summed E-state index contributed by atoms with van der Waals surface area (Å²) in [6, 6.07) is 0. The van der Waals surface area contributed by atoms with Crippen molar-refractivity contribution in [2.45, 2.75) is 46.1 Å². The summed E-state index contributed by atoms with van der Waals surface area (Å²) in [7, 11) is 0. The van der Waals surface area contributed by atoms with Crippen molar-refractivity contribution in [3.05, 3.63) is 0 Å². The molecule has 0 saturated carbocycles. The minimum absolute atomic E-state index is 0.450. The van der Waals surface area contributed by atoms with Crippen LogP contribution in [0.2, 0.25) is 0 Å². The molecule has 0 spiro atoms. The normalized spacial score (nSPS) is 35.0. The van der Waals surface area contributed by atoms with E-state index in [-0.39, 0.29) is 0 Å². The third-order valence-corrected chi connectivity index (χ3v) is 4.93. The van der Waals surface area contributed by atoms with E-state index in [9.17, 15) is 0 Å². The fourth-order valence-electron chi connectivity index (χ4n) is 3.38. The zero-order chi connectivity index (χ0) is 13.0. The molecule has 2 aliphatic rings. The predicted octanol–water partition coefficient (Wildman–Crippen LogP) is 2.12. The minimum atomic E-state index is 0.450. The molecule has 2 aliphatic heterocycles. The molecule has 2 atom stereocenters. The quantitative estimate of drug-likeness (QED) is 0.832. The molecular formula is C15H30N2O. The second-order valence-electron chi connectivity index (χ2n) is 6.43. The molecule has 3 nitrogen and oxygen atoms in total. The molecule has 0 aromatic carbocycles. The van der Waals surface area contributed by atoms with Crippen molar-refractivity contribution in [3.63, 3.8) is 0 Å². The van der Waals surface area contributed by atoms with Gasteiger partial charge in [0, 0.05) is 32.8 Å². The molecule has 18 heavy (non-hydrogen) atoms. The average molecular weight is 254 g/mol. The molecule has 0 radical (unpaired) electrons. The molecule has 0 aromatic rings. The molecule has 2 heterocycles. The Balaban J connectivity index is 1.97. The lowest BCUT2D eigenvalue weighted by molar-refractivity contribution is 0.0408. The van der Waals surface area contributed by atoms with E-state index < -0.39 is 0 Å². The van der Waals surface area contributed by atoms with Crippen LogP contribution in [0.5, 0.6) is 0 Å². The molecule has 3 heteroatoms. The van der Waals surface area contributed by atoms with Crippen molar-refractivity contribution in [1.82, 2.24) is 10.2 Å². The summed E-state index contributed by atoms with van der Waals surface area (Å²) in [6.07, 6.45) is 4.12. The van der Waals surface area contributed by atoms with Crippen molar-refractivity contribution in [2.24, 2.45) is 11.3 Å². The molecule has 0 amide bonds. The molecule has 106 valence electrons.